The van der Waals surface area contributed by atoms with Crippen LogP contribution in [0.25, 0.3) is 0 Å². The van der Waals surface area contributed by atoms with Gasteiger partial charge in [-0.25, -0.2) is 9.78 Å². The molecule has 1 aromatic heterocycles. The SMILES string of the molecule is NC(CCC(=O)O)C(=O)NCC(=O)NC(Cc1cnc[nH]1)C(=O)NC(CC(=O)O)C(=O)O. The monoisotopic (exact) mass is 456 g/mol. The average Bonchev–Trinajstić information content (AvgIpc) is 3.21. The lowest BCUT2D eigenvalue weighted by molar-refractivity contribution is -0.147. The fourth-order valence-electron chi connectivity index (χ4n) is 2.43. The van der Waals surface area contributed by atoms with Gasteiger partial charge in [0.05, 0.1) is 25.3 Å². The maximum absolute atomic E-state index is 12.5. The molecule has 15 heteroatoms. The predicted octanol–water partition coefficient (Wildman–Crippen LogP) is -3.21. The Hall–Kier alpha value is -4.01. The third-order valence-electron chi connectivity index (χ3n) is 4.05. The van der Waals surface area contributed by atoms with Crippen molar-refractivity contribution in [2.45, 2.75) is 43.8 Å². The van der Waals surface area contributed by atoms with Crippen molar-refractivity contribution in [1.82, 2.24) is 25.9 Å². The van der Waals surface area contributed by atoms with Crippen LogP contribution in [0.3, 0.4) is 0 Å². The number of nitrogens with zero attached hydrogens (tertiary/aromatic N) is 1. The number of hydrogen-bond acceptors (Lipinski definition) is 8. The van der Waals surface area contributed by atoms with Crippen molar-refractivity contribution in [2.75, 3.05) is 6.54 Å². The summed E-state index contributed by atoms with van der Waals surface area (Å²) < 4.78 is 0. The normalized spacial score (nSPS) is 13.3. The van der Waals surface area contributed by atoms with Crippen LogP contribution in [0.15, 0.2) is 12.5 Å². The molecule has 1 heterocycles. The third-order valence-corrected chi connectivity index (χ3v) is 4.05. The van der Waals surface area contributed by atoms with Crippen molar-refractivity contribution < 1.29 is 44.1 Å². The summed E-state index contributed by atoms with van der Waals surface area (Å²) in [5, 5.41) is 33.0. The fraction of sp³-hybridized carbons (Fsp3) is 0.471. The number of imidazole rings is 1. The molecule has 0 aliphatic heterocycles. The van der Waals surface area contributed by atoms with E-state index >= 15 is 0 Å². The molecule has 0 saturated heterocycles. The van der Waals surface area contributed by atoms with Gasteiger partial charge in [-0.05, 0) is 6.42 Å². The molecule has 15 nitrogen and oxygen atoms in total. The predicted molar refractivity (Wildman–Crippen MR) is 104 cm³/mol. The molecule has 0 radical (unpaired) electrons. The van der Waals surface area contributed by atoms with E-state index in [1.54, 1.807) is 0 Å². The van der Waals surface area contributed by atoms with E-state index in [0.717, 1.165) is 0 Å². The smallest absolute Gasteiger partial charge is 0.326 e. The molecule has 3 unspecified atom stereocenters. The number of amides is 3. The van der Waals surface area contributed by atoms with Crippen molar-refractivity contribution in [1.29, 1.82) is 0 Å². The lowest BCUT2D eigenvalue weighted by Gasteiger charge is -2.21. The van der Waals surface area contributed by atoms with E-state index in [-0.39, 0.29) is 19.3 Å². The summed E-state index contributed by atoms with van der Waals surface area (Å²) in [6, 6.07) is -4.21. The number of carboxylic acids is 3. The largest absolute Gasteiger partial charge is 0.481 e. The molecule has 0 spiro atoms. The van der Waals surface area contributed by atoms with Crippen molar-refractivity contribution in [2.24, 2.45) is 5.73 Å². The second-order valence-corrected chi connectivity index (χ2v) is 6.66. The lowest BCUT2D eigenvalue weighted by Crippen LogP contribution is -2.54. The first kappa shape index (κ1) is 26.0. The van der Waals surface area contributed by atoms with Crippen LogP contribution < -0.4 is 21.7 Å². The molecule has 1 aromatic rings. The Bertz CT molecular complexity index is 842. The van der Waals surface area contributed by atoms with Gasteiger partial charge >= 0.3 is 17.9 Å². The number of carbonyl (C=O) groups excluding carboxylic acids is 3. The molecule has 0 aliphatic rings. The van der Waals surface area contributed by atoms with Gasteiger partial charge in [0.1, 0.15) is 12.1 Å². The summed E-state index contributed by atoms with van der Waals surface area (Å²) in [7, 11) is 0. The number of nitrogens with one attached hydrogen (secondary N) is 4. The Balaban J connectivity index is 2.75. The van der Waals surface area contributed by atoms with Gasteiger partial charge in [-0.15, -0.1) is 0 Å². The van der Waals surface area contributed by atoms with Crippen LogP contribution >= 0.6 is 0 Å². The minimum Gasteiger partial charge on any atom is -0.481 e. The maximum Gasteiger partial charge on any atom is 0.326 e. The Morgan fingerprint density at radius 1 is 1.00 bits per heavy atom. The highest BCUT2D eigenvalue weighted by atomic mass is 16.4. The Labute approximate surface area is 180 Å². The van der Waals surface area contributed by atoms with Crippen molar-refractivity contribution in [3.8, 4) is 0 Å². The van der Waals surface area contributed by atoms with E-state index in [2.05, 4.69) is 20.6 Å². The first-order valence-electron chi connectivity index (χ1n) is 9.26. The van der Waals surface area contributed by atoms with Crippen LogP contribution in [0.4, 0.5) is 0 Å². The van der Waals surface area contributed by atoms with Crippen LogP contribution in [0.2, 0.25) is 0 Å². The molecule has 0 aliphatic carbocycles. The van der Waals surface area contributed by atoms with E-state index in [1.165, 1.54) is 12.5 Å². The van der Waals surface area contributed by atoms with E-state index < -0.39 is 66.7 Å². The molecule has 0 bridgehead atoms. The topological polar surface area (TPSA) is 254 Å². The van der Waals surface area contributed by atoms with Gasteiger partial charge in [0, 0.05) is 24.7 Å². The number of nitrogens with two attached hydrogens (primary N) is 1. The first-order valence-corrected chi connectivity index (χ1v) is 9.26. The highest BCUT2D eigenvalue weighted by Gasteiger charge is 2.29. The summed E-state index contributed by atoms with van der Waals surface area (Å²) in [6.45, 7) is -0.593. The maximum atomic E-state index is 12.5. The second kappa shape index (κ2) is 12.6. The van der Waals surface area contributed by atoms with Crippen molar-refractivity contribution in [3.05, 3.63) is 18.2 Å². The summed E-state index contributed by atoms with van der Waals surface area (Å²) in [5.74, 6) is -6.73. The second-order valence-electron chi connectivity index (χ2n) is 6.66. The fourth-order valence-corrected chi connectivity index (χ4v) is 2.43. The molecular weight excluding hydrogens is 432 g/mol. The van der Waals surface area contributed by atoms with Crippen LogP contribution in [0, 0.1) is 0 Å². The lowest BCUT2D eigenvalue weighted by atomic mass is 10.1. The number of aromatic nitrogens is 2. The van der Waals surface area contributed by atoms with E-state index in [9.17, 15) is 28.8 Å². The van der Waals surface area contributed by atoms with Crippen LogP contribution in [0.5, 0.6) is 0 Å². The zero-order chi connectivity index (χ0) is 24.3. The Morgan fingerprint density at radius 3 is 2.22 bits per heavy atom. The quantitative estimate of drug-likeness (QED) is 0.138. The Morgan fingerprint density at radius 2 is 1.69 bits per heavy atom. The van der Waals surface area contributed by atoms with Crippen LogP contribution in [0.1, 0.15) is 25.0 Å². The van der Waals surface area contributed by atoms with E-state index in [1.807, 2.05) is 5.32 Å². The molecule has 0 aromatic carbocycles. The van der Waals surface area contributed by atoms with Gasteiger partial charge in [-0.1, -0.05) is 0 Å². The highest BCUT2D eigenvalue weighted by molar-refractivity contribution is 5.93. The molecule has 3 atom stereocenters. The minimum absolute atomic E-state index is 0.136. The molecule has 1 rings (SSSR count). The zero-order valence-electron chi connectivity index (χ0n) is 16.7. The third kappa shape index (κ3) is 9.66. The number of aliphatic carboxylic acids is 3. The highest BCUT2D eigenvalue weighted by Crippen LogP contribution is 2.02. The van der Waals surface area contributed by atoms with Gasteiger partial charge in [-0.3, -0.25) is 24.0 Å². The standard InChI is InChI=1S/C17H24N6O9/c18-9(1-2-13(25)26)15(29)20-6-12(24)22-10(3-8-5-19-7-21-8)16(30)23-11(17(31)32)4-14(27)28/h5,7,9-11H,1-4,6,18H2,(H,19,21)(H,20,29)(H,22,24)(H,23,30)(H,25,26)(H,27,28)(H,31,32). The minimum atomic E-state index is -1.73. The van der Waals surface area contributed by atoms with Crippen molar-refractivity contribution in [3.63, 3.8) is 0 Å². The average molecular weight is 456 g/mol. The van der Waals surface area contributed by atoms with Crippen LogP contribution in [-0.4, -0.2) is 85.6 Å². The number of aromatic amines is 1. The summed E-state index contributed by atoms with van der Waals surface area (Å²) in [5.41, 5.74) is 5.94. The zero-order valence-corrected chi connectivity index (χ0v) is 16.7. The summed E-state index contributed by atoms with van der Waals surface area (Å²) >= 11 is 0. The number of hydrogen-bond donors (Lipinski definition) is 8. The molecular formula is C17H24N6O9. The number of carboxylic acid groups (broad SMARTS) is 3. The van der Waals surface area contributed by atoms with Gasteiger partial charge in [-0.2, -0.15) is 0 Å². The molecule has 9 N–H and O–H groups in total. The molecule has 32 heavy (non-hydrogen) atoms. The van der Waals surface area contributed by atoms with Gasteiger partial charge < -0.3 is 42.0 Å². The first-order chi connectivity index (χ1) is 15.0. The molecule has 0 saturated carbocycles. The number of carbonyl (C=O) groups is 6. The summed E-state index contributed by atoms with van der Waals surface area (Å²) in [6.07, 6.45) is 1.18. The van der Waals surface area contributed by atoms with Crippen LogP contribution in [-0.2, 0) is 35.2 Å². The molecule has 3 amide bonds. The van der Waals surface area contributed by atoms with Gasteiger partial charge in [0.2, 0.25) is 17.7 Å². The van der Waals surface area contributed by atoms with E-state index in [4.69, 9.17) is 21.1 Å². The molecule has 0 fully saturated rings. The van der Waals surface area contributed by atoms with Crippen molar-refractivity contribution >= 4 is 35.6 Å². The van der Waals surface area contributed by atoms with Gasteiger partial charge in [0.25, 0.3) is 0 Å². The number of rotatable bonds is 14. The number of H-pyrrole nitrogens is 1. The summed E-state index contributed by atoms with van der Waals surface area (Å²) in [4.78, 5) is 75.5. The Kier molecular flexibility index (Phi) is 10.3. The van der Waals surface area contributed by atoms with Gasteiger partial charge in [0.15, 0.2) is 0 Å². The van der Waals surface area contributed by atoms with E-state index in [0.29, 0.717) is 5.69 Å². The molecule has 176 valence electrons.